The Balaban J connectivity index is 0.00000288. The van der Waals surface area contributed by atoms with E-state index >= 15 is 0 Å². The Morgan fingerprint density at radius 3 is 2.62 bits per heavy atom. The van der Waals surface area contributed by atoms with Crippen molar-refractivity contribution in [3.63, 3.8) is 0 Å². The number of nitrogens with one attached hydrogen (secondary N) is 1. The highest BCUT2D eigenvalue weighted by molar-refractivity contribution is 14.0. The molecule has 2 rings (SSSR count). The van der Waals surface area contributed by atoms with E-state index in [-0.39, 0.29) is 24.0 Å². The van der Waals surface area contributed by atoms with Gasteiger partial charge in [0.2, 0.25) is 0 Å². The normalized spacial score (nSPS) is 10.9. The van der Waals surface area contributed by atoms with Crippen molar-refractivity contribution in [3.8, 4) is 5.75 Å². The van der Waals surface area contributed by atoms with Gasteiger partial charge < -0.3 is 19.5 Å². The summed E-state index contributed by atoms with van der Waals surface area (Å²) in [6.07, 6.45) is 1.90. The summed E-state index contributed by atoms with van der Waals surface area (Å²) >= 11 is 6.02. The van der Waals surface area contributed by atoms with Crippen LogP contribution in [0.5, 0.6) is 5.75 Å². The highest BCUT2D eigenvalue weighted by atomic mass is 127. The van der Waals surface area contributed by atoms with Gasteiger partial charge in [-0.05, 0) is 18.2 Å². The monoisotopic (exact) mass is 462 g/mol. The summed E-state index contributed by atoms with van der Waals surface area (Å²) in [4.78, 5) is 6.35. The number of benzene rings is 1. The molecule has 2 aromatic rings. The Labute approximate surface area is 165 Å². The lowest BCUT2D eigenvalue weighted by atomic mass is 10.3. The zero-order valence-corrected chi connectivity index (χ0v) is 17.3. The molecule has 0 saturated carbocycles. The first-order valence-electron chi connectivity index (χ1n) is 7.50. The van der Waals surface area contributed by atoms with Gasteiger partial charge in [-0.3, -0.25) is 4.99 Å². The Morgan fingerprint density at radius 2 is 2.04 bits per heavy atom. The third kappa shape index (κ3) is 6.24. The molecule has 5 nitrogen and oxygen atoms in total. The summed E-state index contributed by atoms with van der Waals surface area (Å²) in [7, 11) is 5.75. The number of rotatable bonds is 6. The van der Waals surface area contributed by atoms with Crippen molar-refractivity contribution in [1.82, 2.24) is 14.8 Å². The van der Waals surface area contributed by atoms with Crippen molar-refractivity contribution >= 4 is 41.5 Å². The number of aromatic nitrogens is 1. The molecule has 1 heterocycles. The minimum absolute atomic E-state index is 0. The molecule has 132 valence electrons. The first kappa shape index (κ1) is 20.6. The highest BCUT2D eigenvalue weighted by Gasteiger charge is 2.09. The SMILES string of the molecule is CN=C(NCCOc1ccccc1)N(C)Cc1cc(Cl)cn1C.I. The second kappa shape index (κ2) is 10.5. The summed E-state index contributed by atoms with van der Waals surface area (Å²) in [5, 5.41) is 4.04. The lowest BCUT2D eigenvalue weighted by Crippen LogP contribution is -2.40. The van der Waals surface area contributed by atoms with Crippen LogP contribution < -0.4 is 10.1 Å². The van der Waals surface area contributed by atoms with E-state index in [2.05, 4.69) is 10.3 Å². The summed E-state index contributed by atoms with van der Waals surface area (Å²) in [5.74, 6) is 1.69. The Bertz CT molecular complexity index is 645. The zero-order valence-electron chi connectivity index (χ0n) is 14.2. The van der Waals surface area contributed by atoms with Crippen molar-refractivity contribution in [3.05, 3.63) is 53.3 Å². The van der Waals surface area contributed by atoms with Gasteiger partial charge in [0.25, 0.3) is 0 Å². The van der Waals surface area contributed by atoms with Gasteiger partial charge in [0.1, 0.15) is 12.4 Å². The highest BCUT2D eigenvalue weighted by Crippen LogP contribution is 2.14. The maximum atomic E-state index is 6.02. The molecule has 1 aromatic carbocycles. The van der Waals surface area contributed by atoms with Gasteiger partial charge in [-0.25, -0.2) is 0 Å². The molecule has 0 aliphatic heterocycles. The fraction of sp³-hybridized carbons (Fsp3) is 0.353. The number of halogens is 2. The Morgan fingerprint density at radius 1 is 1.33 bits per heavy atom. The molecule has 0 saturated heterocycles. The molecule has 0 atom stereocenters. The van der Waals surface area contributed by atoms with Gasteiger partial charge in [-0.15, -0.1) is 24.0 Å². The first-order chi connectivity index (χ1) is 11.1. The van der Waals surface area contributed by atoms with Crippen LogP contribution >= 0.6 is 35.6 Å². The average molecular weight is 463 g/mol. The second-order valence-corrected chi connectivity index (χ2v) is 5.69. The van der Waals surface area contributed by atoms with Crippen LogP contribution in [-0.2, 0) is 13.6 Å². The Hall–Kier alpha value is -1.41. The lowest BCUT2D eigenvalue weighted by Gasteiger charge is -2.22. The largest absolute Gasteiger partial charge is 0.492 e. The molecule has 7 heteroatoms. The summed E-state index contributed by atoms with van der Waals surface area (Å²) in [6.45, 7) is 1.98. The van der Waals surface area contributed by atoms with Crippen LogP contribution in [0.3, 0.4) is 0 Å². The molecule has 1 aromatic heterocycles. The number of hydrogen-bond acceptors (Lipinski definition) is 2. The van der Waals surface area contributed by atoms with Crippen LogP contribution in [0.15, 0.2) is 47.6 Å². The van der Waals surface area contributed by atoms with E-state index in [0.29, 0.717) is 13.2 Å². The van der Waals surface area contributed by atoms with E-state index in [1.165, 1.54) is 0 Å². The molecule has 1 N–H and O–H groups in total. The minimum atomic E-state index is 0. The number of hydrogen-bond donors (Lipinski definition) is 1. The molecular formula is C17H24ClIN4O. The van der Waals surface area contributed by atoms with E-state index in [1.54, 1.807) is 7.05 Å². The molecule has 0 aliphatic carbocycles. The van der Waals surface area contributed by atoms with Crippen molar-refractivity contribution in [2.24, 2.45) is 12.0 Å². The van der Waals surface area contributed by atoms with Gasteiger partial charge >= 0.3 is 0 Å². The van der Waals surface area contributed by atoms with Crippen LogP contribution in [0, 0.1) is 0 Å². The molecule has 0 fully saturated rings. The van der Waals surface area contributed by atoms with Gasteiger partial charge in [0.15, 0.2) is 5.96 Å². The maximum absolute atomic E-state index is 6.02. The van der Waals surface area contributed by atoms with Crippen LogP contribution in [0.4, 0.5) is 0 Å². The van der Waals surface area contributed by atoms with E-state index < -0.39 is 0 Å². The smallest absolute Gasteiger partial charge is 0.193 e. The zero-order chi connectivity index (χ0) is 16.7. The molecule has 24 heavy (non-hydrogen) atoms. The van der Waals surface area contributed by atoms with Crippen LogP contribution in [-0.4, -0.2) is 42.7 Å². The first-order valence-corrected chi connectivity index (χ1v) is 7.88. The van der Waals surface area contributed by atoms with Crippen LogP contribution in [0.2, 0.25) is 5.02 Å². The molecule has 0 amide bonds. The lowest BCUT2D eigenvalue weighted by molar-refractivity contribution is 0.319. The third-order valence-corrected chi connectivity index (χ3v) is 3.65. The molecule has 0 unspecified atom stereocenters. The third-order valence-electron chi connectivity index (χ3n) is 3.44. The number of ether oxygens (including phenoxy) is 1. The van der Waals surface area contributed by atoms with Crippen molar-refractivity contribution in [1.29, 1.82) is 0 Å². The van der Waals surface area contributed by atoms with E-state index in [4.69, 9.17) is 16.3 Å². The quantitative estimate of drug-likeness (QED) is 0.310. The number of aliphatic imine (C=N–C) groups is 1. The van der Waals surface area contributed by atoms with E-state index in [0.717, 1.165) is 29.0 Å². The fourth-order valence-corrected chi connectivity index (χ4v) is 2.55. The standard InChI is InChI=1S/C17H23ClN4O.HI/c1-19-17(20-9-10-23-16-7-5-4-6-8-16)22(3)13-15-11-14(18)12-21(15)2;/h4-8,11-12H,9-10,13H2,1-3H3,(H,19,20);1H. The van der Waals surface area contributed by atoms with Gasteiger partial charge in [-0.2, -0.15) is 0 Å². The van der Waals surface area contributed by atoms with Crippen molar-refractivity contribution in [2.75, 3.05) is 27.2 Å². The average Bonchev–Trinajstić information content (AvgIpc) is 2.85. The topological polar surface area (TPSA) is 41.8 Å². The predicted molar refractivity (Wildman–Crippen MR) is 111 cm³/mol. The number of guanidine groups is 1. The predicted octanol–water partition coefficient (Wildman–Crippen LogP) is 3.38. The molecule has 0 spiro atoms. The number of nitrogens with zero attached hydrogens (tertiary/aromatic N) is 3. The second-order valence-electron chi connectivity index (χ2n) is 5.25. The summed E-state index contributed by atoms with van der Waals surface area (Å²) in [6, 6.07) is 11.7. The number of para-hydroxylation sites is 1. The maximum Gasteiger partial charge on any atom is 0.193 e. The van der Waals surface area contributed by atoms with Crippen molar-refractivity contribution < 1.29 is 4.74 Å². The number of aryl methyl sites for hydroxylation is 1. The van der Waals surface area contributed by atoms with E-state index in [9.17, 15) is 0 Å². The van der Waals surface area contributed by atoms with Crippen molar-refractivity contribution in [2.45, 2.75) is 6.54 Å². The summed E-state index contributed by atoms with van der Waals surface area (Å²) < 4.78 is 7.68. The van der Waals surface area contributed by atoms with E-state index in [1.807, 2.05) is 66.2 Å². The molecule has 0 radical (unpaired) electrons. The van der Waals surface area contributed by atoms with Gasteiger partial charge in [-0.1, -0.05) is 29.8 Å². The van der Waals surface area contributed by atoms with Crippen LogP contribution in [0.1, 0.15) is 5.69 Å². The van der Waals surface area contributed by atoms with Crippen LogP contribution in [0.25, 0.3) is 0 Å². The molecule has 0 aliphatic rings. The Kier molecular flexibility index (Phi) is 8.99. The summed E-state index contributed by atoms with van der Waals surface area (Å²) in [5.41, 5.74) is 1.13. The molecular weight excluding hydrogens is 439 g/mol. The molecule has 0 bridgehead atoms. The van der Waals surface area contributed by atoms with Gasteiger partial charge in [0.05, 0.1) is 18.1 Å². The van der Waals surface area contributed by atoms with Gasteiger partial charge in [0, 0.05) is 33.0 Å². The minimum Gasteiger partial charge on any atom is -0.492 e. The fourth-order valence-electron chi connectivity index (χ4n) is 2.27.